The molecule has 0 atom stereocenters. The fourth-order valence-corrected chi connectivity index (χ4v) is 3.64. The number of hydrogen-bond donors (Lipinski definition) is 1. The Labute approximate surface area is 177 Å². The lowest BCUT2D eigenvalue weighted by Crippen LogP contribution is -2.41. The third-order valence-corrected chi connectivity index (χ3v) is 5.87. The maximum absolute atomic E-state index is 14.5. The Balaban J connectivity index is 2.64. The molecule has 0 radical (unpaired) electrons. The second kappa shape index (κ2) is 8.69. The van der Waals surface area contributed by atoms with Gasteiger partial charge in [-0.05, 0) is 12.1 Å². The number of nitrogens with zero attached hydrogens (tertiary/aromatic N) is 4. The minimum Gasteiger partial charge on any atom is -0.292 e. The van der Waals surface area contributed by atoms with Crippen LogP contribution in [0.1, 0.15) is 12.1 Å². The standard InChI is InChI=1S/C16H14ClF4N5O4S/c1-24(5-3-4-22)31(29,30)23-11-7-12(10(18)6-9(11)17)26-14(27)8-13(16(19,20)21)25(2)15(26)28/h6-8,23H,3,5H2,1-2H3. The summed E-state index contributed by atoms with van der Waals surface area (Å²) in [6.07, 6.45) is -5.14. The molecule has 0 spiro atoms. The van der Waals surface area contributed by atoms with Gasteiger partial charge in [-0.15, -0.1) is 0 Å². The second-order valence-corrected chi connectivity index (χ2v) is 8.35. The number of halogens is 5. The SMILES string of the molecule is CN(CCC#N)S(=O)(=O)Nc1cc(-n2c(=O)cc(C(F)(F)F)n(C)c2=O)c(F)cc1Cl. The van der Waals surface area contributed by atoms with Gasteiger partial charge < -0.3 is 0 Å². The fraction of sp³-hybridized carbons (Fsp3) is 0.312. The molecule has 15 heteroatoms. The summed E-state index contributed by atoms with van der Waals surface area (Å²) in [4.78, 5) is 24.6. The molecule has 0 amide bonds. The van der Waals surface area contributed by atoms with Gasteiger partial charge >= 0.3 is 22.1 Å². The topological polar surface area (TPSA) is 117 Å². The molecule has 168 valence electrons. The molecule has 9 nitrogen and oxygen atoms in total. The highest BCUT2D eigenvalue weighted by Gasteiger charge is 2.35. The normalized spacial score (nSPS) is 12.1. The molecule has 0 bridgehead atoms. The Morgan fingerprint density at radius 1 is 1.26 bits per heavy atom. The summed E-state index contributed by atoms with van der Waals surface area (Å²) in [6.45, 7) is -0.184. The first-order chi connectivity index (χ1) is 14.2. The first-order valence-electron chi connectivity index (χ1n) is 8.21. The minimum atomic E-state index is -5.01. The highest BCUT2D eigenvalue weighted by Crippen LogP contribution is 2.29. The van der Waals surface area contributed by atoms with Crippen LogP contribution in [0.4, 0.5) is 23.2 Å². The van der Waals surface area contributed by atoms with E-state index in [2.05, 4.69) is 0 Å². The van der Waals surface area contributed by atoms with Crippen LogP contribution >= 0.6 is 11.6 Å². The molecular weight excluding hydrogens is 470 g/mol. The molecule has 2 rings (SSSR count). The quantitative estimate of drug-likeness (QED) is 0.629. The zero-order valence-corrected chi connectivity index (χ0v) is 17.4. The van der Waals surface area contributed by atoms with Crippen LogP contribution in [0.25, 0.3) is 5.69 Å². The molecule has 0 saturated heterocycles. The monoisotopic (exact) mass is 483 g/mol. The van der Waals surface area contributed by atoms with E-state index in [1.807, 2.05) is 4.72 Å². The summed E-state index contributed by atoms with van der Waals surface area (Å²) < 4.78 is 81.1. The summed E-state index contributed by atoms with van der Waals surface area (Å²) in [5.74, 6) is -1.26. The zero-order chi connectivity index (χ0) is 23.7. The predicted octanol–water partition coefficient (Wildman–Crippen LogP) is 1.85. The van der Waals surface area contributed by atoms with Crippen LogP contribution < -0.4 is 16.0 Å². The van der Waals surface area contributed by atoms with E-state index in [0.29, 0.717) is 12.1 Å². The molecule has 1 heterocycles. The van der Waals surface area contributed by atoms with Crippen molar-refractivity contribution in [2.24, 2.45) is 7.05 Å². The van der Waals surface area contributed by atoms with Crippen LogP contribution in [0, 0.1) is 17.1 Å². The first kappa shape index (κ1) is 24.4. The molecular formula is C16H14ClF4N5O4S. The van der Waals surface area contributed by atoms with E-state index in [1.54, 1.807) is 6.07 Å². The highest BCUT2D eigenvalue weighted by atomic mass is 35.5. The van der Waals surface area contributed by atoms with Crippen molar-refractivity contribution in [1.29, 1.82) is 5.26 Å². The Morgan fingerprint density at radius 3 is 2.42 bits per heavy atom. The summed E-state index contributed by atoms with van der Waals surface area (Å²) >= 11 is 5.84. The average Bonchev–Trinajstić information content (AvgIpc) is 2.65. The average molecular weight is 484 g/mol. The third kappa shape index (κ3) is 5.06. The minimum absolute atomic E-state index is 0.106. The van der Waals surface area contributed by atoms with Gasteiger partial charge in [0.25, 0.3) is 5.56 Å². The van der Waals surface area contributed by atoms with E-state index in [1.165, 1.54) is 0 Å². The molecule has 1 N–H and O–H groups in total. The molecule has 0 unspecified atom stereocenters. The molecule has 0 aliphatic carbocycles. The lowest BCUT2D eigenvalue weighted by atomic mass is 10.2. The van der Waals surface area contributed by atoms with Crippen LogP contribution in [-0.4, -0.2) is 35.4 Å². The number of hydrogen-bond acceptors (Lipinski definition) is 5. The highest BCUT2D eigenvalue weighted by molar-refractivity contribution is 7.90. The number of rotatable bonds is 6. The number of nitriles is 1. The van der Waals surface area contributed by atoms with E-state index in [9.17, 15) is 35.6 Å². The van der Waals surface area contributed by atoms with Crippen molar-refractivity contribution in [3.63, 3.8) is 0 Å². The molecule has 0 fully saturated rings. The maximum atomic E-state index is 14.5. The molecule has 0 saturated carbocycles. The molecule has 1 aromatic heterocycles. The smallest absolute Gasteiger partial charge is 0.292 e. The van der Waals surface area contributed by atoms with Gasteiger partial charge in [0.15, 0.2) is 0 Å². The van der Waals surface area contributed by atoms with Gasteiger partial charge in [0, 0.05) is 33.1 Å². The van der Waals surface area contributed by atoms with Crippen LogP contribution in [0.5, 0.6) is 0 Å². The lowest BCUT2D eigenvalue weighted by Gasteiger charge is -2.19. The van der Waals surface area contributed by atoms with Gasteiger partial charge in [-0.3, -0.25) is 14.1 Å². The predicted molar refractivity (Wildman–Crippen MR) is 103 cm³/mol. The number of nitrogens with one attached hydrogen (secondary N) is 1. The van der Waals surface area contributed by atoms with Crippen LogP contribution in [0.2, 0.25) is 5.02 Å². The van der Waals surface area contributed by atoms with E-state index >= 15 is 0 Å². The van der Waals surface area contributed by atoms with Crippen LogP contribution in [-0.2, 0) is 23.4 Å². The first-order valence-corrected chi connectivity index (χ1v) is 10.0. The maximum Gasteiger partial charge on any atom is 0.431 e. The van der Waals surface area contributed by atoms with Gasteiger partial charge in [-0.2, -0.15) is 31.2 Å². The largest absolute Gasteiger partial charge is 0.431 e. The fourth-order valence-electron chi connectivity index (χ4n) is 2.45. The van der Waals surface area contributed by atoms with E-state index < -0.39 is 55.5 Å². The zero-order valence-electron chi connectivity index (χ0n) is 15.9. The summed E-state index contributed by atoms with van der Waals surface area (Å²) in [6, 6.07) is 3.15. The number of aromatic nitrogens is 2. The van der Waals surface area contributed by atoms with Gasteiger partial charge in [-0.1, -0.05) is 11.6 Å². The van der Waals surface area contributed by atoms with E-state index in [-0.39, 0.29) is 28.2 Å². The number of anilines is 1. The third-order valence-electron chi connectivity index (χ3n) is 4.08. The number of benzene rings is 1. The van der Waals surface area contributed by atoms with E-state index in [0.717, 1.165) is 18.4 Å². The van der Waals surface area contributed by atoms with Crippen LogP contribution in [0.3, 0.4) is 0 Å². The Bertz CT molecular complexity index is 1280. The van der Waals surface area contributed by atoms with Crippen molar-refractivity contribution >= 4 is 27.5 Å². The van der Waals surface area contributed by atoms with Crippen LogP contribution in [0.15, 0.2) is 27.8 Å². The van der Waals surface area contributed by atoms with Gasteiger partial charge in [-0.25, -0.2) is 13.8 Å². The summed E-state index contributed by atoms with van der Waals surface area (Å²) in [7, 11) is -2.38. The van der Waals surface area contributed by atoms with Gasteiger partial charge in [0.05, 0.1) is 22.5 Å². The van der Waals surface area contributed by atoms with Crippen molar-refractivity contribution < 1.29 is 26.0 Å². The van der Waals surface area contributed by atoms with Crippen molar-refractivity contribution in [3.05, 3.63) is 55.6 Å². The van der Waals surface area contributed by atoms with E-state index in [4.69, 9.17) is 16.9 Å². The molecule has 0 aliphatic heterocycles. The Hall–Kier alpha value is -2.89. The summed E-state index contributed by atoms with van der Waals surface area (Å²) in [5, 5.41) is 8.11. The van der Waals surface area contributed by atoms with Crippen molar-refractivity contribution in [2.75, 3.05) is 18.3 Å². The molecule has 1 aromatic carbocycles. The lowest BCUT2D eigenvalue weighted by molar-refractivity contribution is -0.144. The van der Waals surface area contributed by atoms with Gasteiger partial charge in [0.1, 0.15) is 11.5 Å². The molecule has 2 aromatic rings. The molecule has 31 heavy (non-hydrogen) atoms. The molecule has 0 aliphatic rings. The second-order valence-electron chi connectivity index (χ2n) is 6.16. The van der Waals surface area contributed by atoms with Crippen molar-refractivity contribution in [3.8, 4) is 11.8 Å². The Kier molecular flexibility index (Phi) is 6.84. The van der Waals surface area contributed by atoms with Crippen molar-refractivity contribution in [1.82, 2.24) is 13.4 Å². The number of alkyl halides is 3. The Morgan fingerprint density at radius 2 is 1.87 bits per heavy atom. The van der Waals surface area contributed by atoms with Crippen molar-refractivity contribution in [2.45, 2.75) is 12.6 Å². The summed E-state index contributed by atoms with van der Waals surface area (Å²) in [5.41, 5.74) is -5.82. The van der Waals surface area contributed by atoms with Gasteiger partial charge in [0.2, 0.25) is 0 Å².